The minimum Gasteiger partial charge on any atom is -0.466 e. The number of nitrogens with zero attached hydrogens (tertiary/aromatic N) is 1. The Bertz CT molecular complexity index is 571. The summed E-state index contributed by atoms with van der Waals surface area (Å²) in [5.41, 5.74) is -0.292. The van der Waals surface area contributed by atoms with Crippen molar-refractivity contribution in [1.29, 1.82) is 0 Å². The molecule has 2 atom stereocenters. The predicted molar refractivity (Wildman–Crippen MR) is 102 cm³/mol. The zero-order chi connectivity index (χ0) is 19.3. The van der Waals surface area contributed by atoms with Gasteiger partial charge < -0.3 is 24.9 Å². The van der Waals surface area contributed by atoms with Crippen LogP contribution in [0, 0.1) is 19.3 Å². The second-order valence-electron chi connectivity index (χ2n) is 7.77. The van der Waals surface area contributed by atoms with Crippen molar-refractivity contribution >= 4 is 5.96 Å². The Morgan fingerprint density at radius 3 is 2.36 bits per heavy atom. The molecule has 0 fully saturated rings. The maximum atomic E-state index is 10.8. The van der Waals surface area contributed by atoms with Crippen molar-refractivity contribution in [2.24, 2.45) is 10.4 Å². The molecule has 25 heavy (non-hydrogen) atoms. The first-order chi connectivity index (χ1) is 11.5. The SMILES string of the molecule is CCNC(=NCC(C)(O)c1cc(C)oc1C)NCC(OC)C(C)(C)C. The van der Waals surface area contributed by atoms with E-state index in [1.165, 1.54) is 0 Å². The Labute approximate surface area is 152 Å². The number of nitrogens with one attached hydrogen (secondary N) is 2. The summed E-state index contributed by atoms with van der Waals surface area (Å²) in [6.45, 7) is 15.5. The maximum Gasteiger partial charge on any atom is 0.191 e. The van der Waals surface area contributed by atoms with Gasteiger partial charge in [-0.1, -0.05) is 20.8 Å². The van der Waals surface area contributed by atoms with E-state index >= 15 is 0 Å². The van der Waals surface area contributed by atoms with Gasteiger partial charge in [0.2, 0.25) is 0 Å². The highest BCUT2D eigenvalue weighted by Gasteiger charge is 2.28. The highest BCUT2D eigenvalue weighted by molar-refractivity contribution is 5.79. The highest BCUT2D eigenvalue weighted by atomic mass is 16.5. The van der Waals surface area contributed by atoms with Crippen molar-refractivity contribution in [3.8, 4) is 0 Å². The van der Waals surface area contributed by atoms with E-state index in [1.54, 1.807) is 14.0 Å². The Morgan fingerprint density at radius 2 is 1.92 bits per heavy atom. The van der Waals surface area contributed by atoms with Crippen LogP contribution in [0.15, 0.2) is 15.5 Å². The molecule has 6 heteroatoms. The second-order valence-corrected chi connectivity index (χ2v) is 7.77. The molecule has 0 saturated heterocycles. The number of rotatable bonds is 7. The molecule has 6 nitrogen and oxygen atoms in total. The minimum absolute atomic E-state index is 0.0238. The maximum absolute atomic E-state index is 10.8. The molecule has 0 aliphatic rings. The number of hydrogen-bond donors (Lipinski definition) is 3. The van der Waals surface area contributed by atoms with Crippen LogP contribution in [0.1, 0.15) is 51.7 Å². The molecule has 144 valence electrons. The van der Waals surface area contributed by atoms with Crippen molar-refractivity contribution < 1.29 is 14.3 Å². The van der Waals surface area contributed by atoms with Crippen LogP contribution in [0.3, 0.4) is 0 Å². The van der Waals surface area contributed by atoms with Gasteiger partial charge >= 0.3 is 0 Å². The normalized spacial score (nSPS) is 16.4. The van der Waals surface area contributed by atoms with Gasteiger partial charge in [0.1, 0.15) is 17.1 Å². The minimum atomic E-state index is -1.09. The van der Waals surface area contributed by atoms with Crippen LogP contribution in [-0.2, 0) is 10.3 Å². The first kappa shape index (κ1) is 21.5. The van der Waals surface area contributed by atoms with Crippen LogP contribution in [0.4, 0.5) is 0 Å². The van der Waals surface area contributed by atoms with Crippen LogP contribution in [0.2, 0.25) is 0 Å². The van der Waals surface area contributed by atoms with Crippen molar-refractivity contribution in [2.45, 2.75) is 60.2 Å². The number of aliphatic imine (C=N–C) groups is 1. The molecule has 3 N–H and O–H groups in total. The van der Waals surface area contributed by atoms with E-state index in [1.807, 2.05) is 26.8 Å². The summed E-state index contributed by atoms with van der Waals surface area (Å²) in [5.74, 6) is 2.17. The standard InChI is InChI=1S/C19H35N3O3/c1-9-20-17(21-11-16(24-8)18(4,5)6)22-12-19(7,23)15-10-13(2)25-14(15)3/h10,16,23H,9,11-12H2,1-8H3,(H2,20,21,22). The average molecular weight is 354 g/mol. The summed E-state index contributed by atoms with van der Waals surface area (Å²) in [6, 6.07) is 1.87. The summed E-state index contributed by atoms with van der Waals surface area (Å²) < 4.78 is 11.1. The monoisotopic (exact) mass is 353 g/mol. The summed E-state index contributed by atoms with van der Waals surface area (Å²) in [7, 11) is 1.72. The van der Waals surface area contributed by atoms with E-state index in [0.717, 1.165) is 23.6 Å². The molecule has 0 radical (unpaired) electrons. The van der Waals surface area contributed by atoms with E-state index < -0.39 is 5.60 Å². The van der Waals surface area contributed by atoms with Crippen molar-refractivity contribution in [3.05, 3.63) is 23.2 Å². The summed E-state index contributed by atoms with van der Waals surface area (Å²) in [4.78, 5) is 4.55. The number of ether oxygens (including phenoxy) is 1. The third-order valence-corrected chi connectivity index (χ3v) is 4.22. The van der Waals surface area contributed by atoms with Gasteiger partial charge in [-0.05, 0) is 39.2 Å². The molecular formula is C19H35N3O3. The van der Waals surface area contributed by atoms with Crippen LogP contribution in [0.5, 0.6) is 0 Å². The third-order valence-electron chi connectivity index (χ3n) is 4.22. The molecule has 0 bridgehead atoms. The Morgan fingerprint density at radius 1 is 1.28 bits per heavy atom. The van der Waals surface area contributed by atoms with Gasteiger partial charge in [-0.15, -0.1) is 0 Å². The largest absolute Gasteiger partial charge is 0.466 e. The predicted octanol–water partition coefficient (Wildman–Crippen LogP) is 2.72. The van der Waals surface area contributed by atoms with E-state index in [4.69, 9.17) is 9.15 Å². The van der Waals surface area contributed by atoms with Crippen LogP contribution >= 0.6 is 0 Å². The van der Waals surface area contributed by atoms with Gasteiger partial charge in [-0.25, -0.2) is 4.99 Å². The number of furan rings is 1. The van der Waals surface area contributed by atoms with Crippen LogP contribution < -0.4 is 10.6 Å². The zero-order valence-electron chi connectivity index (χ0n) is 17.0. The molecule has 1 rings (SSSR count). The quantitative estimate of drug-likeness (QED) is 0.519. The molecule has 0 aromatic carbocycles. The highest BCUT2D eigenvalue weighted by Crippen LogP contribution is 2.27. The fourth-order valence-corrected chi connectivity index (χ4v) is 2.76. The van der Waals surface area contributed by atoms with Gasteiger partial charge in [0, 0.05) is 25.8 Å². The lowest BCUT2D eigenvalue weighted by molar-refractivity contribution is 0.0204. The zero-order valence-corrected chi connectivity index (χ0v) is 17.0. The summed E-state index contributed by atoms with van der Waals surface area (Å²) in [6.07, 6.45) is 0.0515. The van der Waals surface area contributed by atoms with Gasteiger partial charge in [-0.2, -0.15) is 0 Å². The molecule has 0 spiro atoms. The lowest BCUT2D eigenvalue weighted by Crippen LogP contribution is -2.45. The van der Waals surface area contributed by atoms with E-state index in [9.17, 15) is 5.11 Å². The molecule has 0 aliphatic carbocycles. The molecule has 1 aromatic heterocycles. The first-order valence-corrected chi connectivity index (χ1v) is 8.86. The molecule has 1 aromatic rings. The van der Waals surface area contributed by atoms with Crippen molar-refractivity contribution in [2.75, 3.05) is 26.7 Å². The molecule has 0 amide bonds. The number of aryl methyl sites for hydroxylation is 2. The Kier molecular flexibility index (Phi) is 7.50. The second kappa shape index (κ2) is 8.72. The number of methoxy groups -OCH3 is 1. The molecule has 1 heterocycles. The smallest absolute Gasteiger partial charge is 0.191 e. The molecule has 2 unspecified atom stereocenters. The van der Waals surface area contributed by atoms with Crippen molar-refractivity contribution in [1.82, 2.24) is 10.6 Å². The average Bonchev–Trinajstić information content (AvgIpc) is 2.83. The van der Waals surface area contributed by atoms with E-state index in [0.29, 0.717) is 12.5 Å². The summed E-state index contributed by atoms with van der Waals surface area (Å²) in [5, 5.41) is 17.3. The topological polar surface area (TPSA) is 79.0 Å². The Hall–Kier alpha value is -1.53. The van der Waals surface area contributed by atoms with Gasteiger partial charge in [-0.3, -0.25) is 0 Å². The Balaban J connectivity index is 2.82. The van der Waals surface area contributed by atoms with Crippen molar-refractivity contribution in [3.63, 3.8) is 0 Å². The lowest BCUT2D eigenvalue weighted by Gasteiger charge is -2.30. The molecule has 0 aliphatic heterocycles. The summed E-state index contributed by atoms with van der Waals surface area (Å²) >= 11 is 0. The number of aliphatic hydroxyl groups is 1. The van der Waals surface area contributed by atoms with Gasteiger partial charge in [0.05, 0.1) is 12.6 Å². The van der Waals surface area contributed by atoms with E-state index in [-0.39, 0.29) is 18.1 Å². The first-order valence-electron chi connectivity index (χ1n) is 8.86. The fraction of sp³-hybridized carbons (Fsp3) is 0.737. The number of guanidine groups is 1. The fourth-order valence-electron chi connectivity index (χ4n) is 2.76. The lowest BCUT2D eigenvalue weighted by atomic mass is 9.89. The van der Waals surface area contributed by atoms with Crippen LogP contribution in [0.25, 0.3) is 0 Å². The molecular weight excluding hydrogens is 318 g/mol. The van der Waals surface area contributed by atoms with Gasteiger partial charge in [0.25, 0.3) is 0 Å². The molecule has 0 saturated carbocycles. The van der Waals surface area contributed by atoms with Gasteiger partial charge in [0.15, 0.2) is 5.96 Å². The van der Waals surface area contributed by atoms with Crippen LogP contribution in [-0.4, -0.2) is 43.9 Å². The van der Waals surface area contributed by atoms with E-state index in [2.05, 4.69) is 36.4 Å². The number of hydrogen-bond acceptors (Lipinski definition) is 4. The third kappa shape index (κ3) is 6.36.